The number of nitrogens with zero attached hydrogens (tertiary/aromatic N) is 1. The van der Waals surface area contributed by atoms with E-state index in [1.807, 2.05) is 0 Å². The van der Waals surface area contributed by atoms with Gasteiger partial charge in [-0.05, 0) is 30.2 Å². The summed E-state index contributed by atoms with van der Waals surface area (Å²) in [5.41, 5.74) is 4.14. The fraction of sp³-hybridized carbons (Fsp3) is 0.231. The van der Waals surface area contributed by atoms with Gasteiger partial charge in [-0.15, -0.1) is 0 Å². The van der Waals surface area contributed by atoms with E-state index < -0.39 is 0 Å². The fourth-order valence-electron chi connectivity index (χ4n) is 1.68. The maximum absolute atomic E-state index is 2.20. The highest BCUT2D eigenvalue weighted by atomic mass is 14.9. The van der Waals surface area contributed by atoms with E-state index in [1.165, 1.54) is 16.8 Å². The SMILES string of the molecule is Cc1ccccc1Cc1cccn1C. The highest BCUT2D eigenvalue weighted by Crippen LogP contribution is 2.13. The van der Waals surface area contributed by atoms with E-state index in [0.29, 0.717) is 0 Å². The van der Waals surface area contributed by atoms with Gasteiger partial charge in [0.05, 0.1) is 0 Å². The molecule has 1 heterocycles. The van der Waals surface area contributed by atoms with Crippen LogP contribution in [-0.4, -0.2) is 4.57 Å². The Morgan fingerprint density at radius 2 is 1.86 bits per heavy atom. The van der Waals surface area contributed by atoms with Gasteiger partial charge in [0, 0.05) is 25.4 Å². The smallest absolute Gasteiger partial charge is 0.0215 e. The molecule has 14 heavy (non-hydrogen) atoms. The number of aromatic nitrogens is 1. The summed E-state index contributed by atoms with van der Waals surface area (Å²) in [7, 11) is 2.09. The van der Waals surface area contributed by atoms with Gasteiger partial charge in [0.1, 0.15) is 0 Å². The van der Waals surface area contributed by atoms with Crippen molar-refractivity contribution in [3.8, 4) is 0 Å². The van der Waals surface area contributed by atoms with Crippen molar-refractivity contribution in [2.45, 2.75) is 13.3 Å². The minimum Gasteiger partial charge on any atom is -0.354 e. The van der Waals surface area contributed by atoms with Crippen molar-refractivity contribution < 1.29 is 0 Å². The van der Waals surface area contributed by atoms with Gasteiger partial charge < -0.3 is 4.57 Å². The summed E-state index contributed by atoms with van der Waals surface area (Å²) in [5.74, 6) is 0. The molecule has 1 aromatic carbocycles. The molecule has 0 fully saturated rings. The van der Waals surface area contributed by atoms with Gasteiger partial charge in [-0.1, -0.05) is 24.3 Å². The van der Waals surface area contributed by atoms with Crippen LogP contribution >= 0.6 is 0 Å². The zero-order valence-corrected chi connectivity index (χ0v) is 8.70. The lowest BCUT2D eigenvalue weighted by molar-refractivity contribution is 0.848. The second-order valence-electron chi connectivity index (χ2n) is 3.71. The van der Waals surface area contributed by atoms with E-state index in [2.05, 4.69) is 61.1 Å². The Morgan fingerprint density at radius 1 is 1.07 bits per heavy atom. The van der Waals surface area contributed by atoms with E-state index in [1.54, 1.807) is 0 Å². The quantitative estimate of drug-likeness (QED) is 0.678. The highest BCUT2D eigenvalue weighted by molar-refractivity contribution is 5.29. The van der Waals surface area contributed by atoms with Crippen molar-refractivity contribution in [2.24, 2.45) is 7.05 Å². The first-order chi connectivity index (χ1) is 6.77. The minimum absolute atomic E-state index is 1.02. The van der Waals surface area contributed by atoms with Crippen LogP contribution in [0.15, 0.2) is 42.6 Å². The van der Waals surface area contributed by atoms with E-state index in [9.17, 15) is 0 Å². The number of hydrogen-bond donors (Lipinski definition) is 0. The lowest BCUT2D eigenvalue weighted by Crippen LogP contribution is -1.97. The number of hydrogen-bond acceptors (Lipinski definition) is 0. The van der Waals surface area contributed by atoms with Crippen molar-refractivity contribution in [1.29, 1.82) is 0 Å². The predicted molar refractivity (Wildman–Crippen MR) is 59.4 cm³/mol. The Bertz CT molecular complexity index is 426. The van der Waals surface area contributed by atoms with Gasteiger partial charge in [0.25, 0.3) is 0 Å². The molecule has 2 rings (SSSR count). The molecule has 0 aliphatic heterocycles. The Labute approximate surface area is 85.0 Å². The first-order valence-corrected chi connectivity index (χ1v) is 4.92. The van der Waals surface area contributed by atoms with Crippen LogP contribution in [-0.2, 0) is 13.5 Å². The lowest BCUT2D eigenvalue weighted by atomic mass is 10.0. The Balaban J connectivity index is 2.28. The molecule has 0 radical (unpaired) electrons. The molecule has 0 N–H and O–H groups in total. The topological polar surface area (TPSA) is 4.93 Å². The second-order valence-corrected chi connectivity index (χ2v) is 3.71. The van der Waals surface area contributed by atoms with Crippen LogP contribution in [0.5, 0.6) is 0 Å². The number of benzene rings is 1. The molecule has 0 bridgehead atoms. The molecule has 0 aliphatic carbocycles. The molecule has 1 heteroatoms. The van der Waals surface area contributed by atoms with E-state index in [-0.39, 0.29) is 0 Å². The van der Waals surface area contributed by atoms with Gasteiger partial charge in [0.2, 0.25) is 0 Å². The first-order valence-electron chi connectivity index (χ1n) is 4.92. The van der Waals surface area contributed by atoms with Crippen LogP contribution in [0.25, 0.3) is 0 Å². The molecule has 1 aromatic heterocycles. The van der Waals surface area contributed by atoms with E-state index >= 15 is 0 Å². The Morgan fingerprint density at radius 3 is 2.50 bits per heavy atom. The largest absolute Gasteiger partial charge is 0.354 e. The van der Waals surface area contributed by atoms with E-state index in [0.717, 1.165) is 6.42 Å². The number of rotatable bonds is 2. The zero-order valence-electron chi connectivity index (χ0n) is 8.70. The van der Waals surface area contributed by atoms with Crippen molar-refractivity contribution in [1.82, 2.24) is 4.57 Å². The molecule has 0 aliphatic rings. The standard InChI is InChI=1S/C13H15N/c1-11-6-3-4-7-12(11)10-13-8-5-9-14(13)2/h3-9H,10H2,1-2H3. The summed E-state index contributed by atoms with van der Waals surface area (Å²) < 4.78 is 2.17. The molecule has 0 saturated heterocycles. The van der Waals surface area contributed by atoms with Crippen LogP contribution < -0.4 is 0 Å². The van der Waals surface area contributed by atoms with Gasteiger partial charge in [-0.3, -0.25) is 0 Å². The summed E-state index contributed by atoms with van der Waals surface area (Å²) in [4.78, 5) is 0. The van der Waals surface area contributed by atoms with Crippen LogP contribution in [0.1, 0.15) is 16.8 Å². The maximum atomic E-state index is 2.20. The molecule has 2 aromatic rings. The van der Waals surface area contributed by atoms with Gasteiger partial charge in [0.15, 0.2) is 0 Å². The molecule has 72 valence electrons. The normalized spacial score (nSPS) is 10.4. The van der Waals surface area contributed by atoms with Crippen LogP contribution in [0.4, 0.5) is 0 Å². The van der Waals surface area contributed by atoms with Crippen molar-refractivity contribution in [3.63, 3.8) is 0 Å². The predicted octanol–water partition coefficient (Wildman–Crippen LogP) is 2.92. The maximum Gasteiger partial charge on any atom is 0.0215 e. The highest BCUT2D eigenvalue weighted by Gasteiger charge is 2.01. The average Bonchev–Trinajstić information content (AvgIpc) is 2.56. The molecule has 0 atom stereocenters. The van der Waals surface area contributed by atoms with Crippen LogP contribution in [0.2, 0.25) is 0 Å². The minimum atomic E-state index is 1.02. The molecular formula is C13H15N. The summed E-state index contributed by atoms with van der Waals surface area (Å²) in [5, 5.41) is 0. The zero-order chi connectivity index (χ0) is 9.97. The second kappa shape index (κ2) is 3.70. The summed E-state index contributed by atoms with van der Waals surface area (Å²) in [6, 6.07) is 12.8. The van der Waals surface area contributed by atoms with Gasteiger partial charge in [-0.25, -0.2) is 0 Å². The fourth-order valence-corrected chi connectivity index (χ4v) is 1.68. The van der Waals surface area contributed by atoms with Crippen molar-refractivity contribution in [2.75, 3.05) is 0 Å². The van der Waals surface area contributed by atoms with E-state index in [4.69, 9.17) is 0 Å². The average molecular weight is 185 g/mol. The summed E-state index contributed by atoms with van der Waals surface area (Å²) in [6.45, 7) is 2.16. The summed E-state index contributed by atoms with van der Waals surface area (Å²) in [6.07, 6.45) is 3.11. The van der Waals surface area contributed by atoms with Crippen molar-refractivity contribution >= 4 is 0 Å². The molecule has 0 spiro atoms. The lowest BCUT2D eigenvalue weighted by Gasteiger charge is -2.06. The van der Waals surface area contributed by atoms with Gasteiger partial charge >= 0.3 is 0 Å². The molecule has 1 nitrogen and oxygen atoms in total. The molecule has 0 unspecified atom stereocenters. The third-order valence-corrected chi connectivity index (χ3v) is 2.68. The Hall–Kier alpha value is -1.50. The first kappa shape index (κ1) is 9.07. The third-order valence-electron chi connectivity index (χ3n) is 2.68. The van der Waals surface area contributed by atoms with Crippen molar-refractivity contribution in [3.05, 3.63) is 59.4 Å². The molecular weight excluding hydrogens is 170 g/mol. The van der Waals surface area contributed by atoms with Crippen LogP contribution in [0.3, 0.4) is 0 Å². The monoisotopic (exact) mass is 185 g/mol. The third kappa shape index (κ3) is 1.72. The Kier molecular flexibility index (Phi) is 2.40. The molecule has 0 saturated carbocycles. The van der Waals surface area contributed by atoms with Crippen LogP contribution in [0, 0.1) is 6.92 Å². The molecule has 0 amide bonds. The summed E-state index contributed by atoms with van der Waals surface area (Å²) >= 11 is 0. The van der Waals surface area contributed by atoms with Gasteiger partial charge in [-0.2, -0.15) is 0 Å². The number of aryl methyl sites for hydroxylation is 2.